The fourth-order valence-electron chi connectivity index (χ4n) is 3.37. The van der Waals surface area contributed by atoms with Crippen LogP contribution in [0, 0.1) is 6.92 Å². The van der Waals surface area contributed by atoms with E-state index in [4.69, 9.17) is 14.6 Å². The van der Waals surface area contributed by atoms with Crippen LogP contribution >= 0.6 is 0 Å². The van der Waals surface area contributed by atoms with Crippen molar-refractivity contribution in [3.05, 3.63) is 29.3 Å². The maximum atomic E-state index is 13.1. The van der Waals surface area contributed by atoms with Crippen molar-refractivity contribution in [1.29, 1.82) is 0 Å². The molecule has 0 radical (unpaired) electrons. The molecule has 6 heteroatoms. The molecule has 1 aliphatic heterocycles. The second kappa shape index (κ2) is 8.84. The van der Waals surface area contributed by atoms with Gasteiger partial charge in [0.2, 0.25) is 0 Å². The summed E-state index contributed by atoms with van der Waals surface area (Å²) in [7, 11) is 0. The quantitative estimate of drug-likeness (QED) is 0.690. The molecule has 1 heterocycles. The molecule has 0 bridgehead atoms. The van der Waals surface area contributed by atoms with Crippen molar-refractivity contribution in [2.24, 2.45) is 0 Å². The largest absolute Gasteiger partial charge is 0.493 e. The summed E-state index contributed by atoms with van der Waals surface area (Å²) in [6.07, 6.45) is 2.33. The molecule has 0 unspecified atom stereocenters. The molecule has 1 amide bonds. The zero-order valence-electron chi connectivity index (χ0n) is 15.7. The minimum Gasteiger partial charge on any atom is -0.493 e. The Kier molecular flexibility index (Phi) is 6.51. The predicted molar refractivity (Wildman–Crippen MR) is 99.3 cm³/mol. The molecule has 3 rings (SSSR count). The molecule has 0 spiro atoms. The van der Waals surface area contributed by atoms with Gasteiger partial charge < -0.3 is 24.8 Å². The number of hydrogen-bond donors (Lipinski definition) is 2. The summed E-state index contributed by atoms with van der Waals surface area (Å²) >= 11 is 0. The van der Waals surface area contributed by atoms with Crippen LogP contribution in [0.2, 0.25) is 0 Å². The van der Waals surface area contributed by atoms with Crippen LogP contribution in [0.15, 0.2) is 18.2 Å². The van der Waals surface area contributed by atoms with E-state index in [1.54, 1.807) is 0 Å². The molecule has 26 heavy (non-hydrogen) atoms. The van der Waals surface area contributed by atoms with Gasteiger partial charge >= 0.3 is 0 Å². The zero-order valence-corrected chi connectivity index (χ0v) is 15.7. The Balaban J connectivity index is 1.75. The van der Waals surface area contributed by atoms with E-state index in [1.165, 1.54) is 0 Å². The lowest BCUT2D eigenvalue weighted by Gasteiger charge is -2.34. The minimum absolute atomic E-state index is 0.0266. The van der Waals surface area contributed by atoms with Gasteiger partial charge in [-0.1, -0.05) is 12.1 Å². The number of aryl methyl sites for hydroxylation is 1. The number of nitrogens with one attached hydrogen (secondary N) is 1. The first-order valence-corrected chi connectivity index (χ1v) is 9.60. The number of carbonyl (C=O) groups excluding carboxylic acids is 1. The highest BCUT2D eigenvalue weighted by atomic mass is 16.5. The molecular formula is C20H30N2O4. The molecule has 1 aliphatic carbocycles. The molecule has 1 aromatic carbocycles. The summed E-state index contributed by atoms with van der Waals surface area (Å²) in [5.41, 5.74) is 2.13. The number of aliphatic hydroxyl groups is 1. The lowest BCUT2D eigenvalue weighted by molar-refractivity contribution is -0.148. The highest BCUT2D eigenvalue weighted by Gasteiger charge is 2.39. The van der Waals surface area contributed by atoms with Crippen LogP contribution in [0.25, 0.3) is 0 Å². The van der Waals surface area contributed by atoms with Gasteiger partial charge in [0.1, 0.15) is 11.9 Å². The monoisotopic (exact) mass is 362 g/mol. The summed E-state index contributed by atoms with van der Waals surface area (Å²) in [6.45, 7) is 6.66. The molecule has 1 aromatic rings. The SMILES string of the molecule is Cc1ccc([C@@H](C)N(C(=O)[C@H]2CNCCO2)C2CC2)cc1OCCCO. The van der Waals surface area contributed by atoms with Crippen molar-refractivity contribution in [3.63, 3.8) is 0 Å². The minimum atomic E-state index is -0.391. The number of amides is 1. The van der Waals surface area contributed by atoms with Gasteiger partial charge in [0.05, 0.1) is 19.3 Å². The third kappa shape index (κ3) is 4.55. The fraction of sp³-hybridized carbons (Fsp3) is 0.650. The van der Waals surface area contributed by atoms with Crippen LogP contribution in [-0.4, -0.2) is 61.0 Å². The molecule has 6 nitrogen and oxygen atoms in total. The van der Waals surface area contributed by atoms with Crippen LogP contribution in [0.1, 0.15) is 43.4 Å². The molecule has 1 saturated heterocycles. The van der Waals surface area contributed by atoms with Crippen LogP contribution in [0.4, 0.5) is 0 Å². The standard InChI is InChI=1S/C20H30N2O4/c1-14-4-5-16(12-18(14)25-10-3-9-23)15(2)22(17-6-7-17)20(24)19-13-21-8-11-26-19/h4-5,12,15,17,19,21,23H,3,6-11,13H2,1-2H3/t15-,19-/m1/s1. The molecule has 1 saturated carbocycles. The molecular weight excluding hydrogens is 332 g/mol. The van der Waals surface area contributed by atoms with E-state index >= 15 is 0 Å². The maximum absolute atomic E-state index is 13.1. The van der Waals surface area contributed by atoms with Gasteiger partial charge in [0.25, 0.3) is 5.91 Å². The summed E-state index contributed by atoms with van der Waals surface area (Å²) in [4.78, 5) is 15.1. The molecule has 0 aromatic heterocycles. The Morgan fingerprint density at radius 2 is 2.27 bits per heavy atom. The number of aliphatic hydroxyl groups excluding tert-OH is 1. The number of carbonyl (C=O) groups is 1. The Morgan fingerprint density at radius 3 is 2.92 bits per heavy atom. The van der Waals surface area contributed by atoms with Gasteiger partial charge in [-0.3, -0.25) is 4.79 Å². The number of nitrogens with zero attached hydrogens (tertiary/aromatic N) is 1. The lowest BCUT2D eigenvalue weighted by atomic mass is 10.0. The first-order chi connectivity index (χ1) is 12.6. The van der Waals surface area contributed by atoms with Crippen LogP contribution in [0.3, 0.4) is 0 Å². The van der Waals surface area contributed by atoms with E-state index in [0.717, 1.165) is 36.3 Å². The second-order valence-corrected chi connectivity index (χ2v) is 7.17. The highest BCUT2D eigenvalue weighted by Crippen LogP contribution is 2.36. The van der Waals surface area contributed by atoms with Gasteiger partial charge in [-0.15, -0.1) is 0 Å². The molecule has 2 fully saturated rings. The van der Waals surface area contributed by atoms with E-state index in [-0.39, 0.29) is 18.6 Å². The van der Waals surface area contributed by atoms with Crippen molar-refractivity contribution in [1.82, 2.24) is 10.2 Å². The zero-order chi connectivity index (χ0) is 18.5. The van der Waals surface area contributed by atoms with Crippen LogP contribution < -0.4 is 10.1 Å². The van der Waals surface area contributed by atoms with Crippen molar-refractivity contribution in [3.8, 4) is 5.75 Å². The first kappa shape index (κ1) is 19.1. The van der Waals surface area contributed by atoms with Crippen LogP contribution in [-0.2, 0) is 9.53 Å². The highest BCUT2D eigenvalue weighted by molar-refractivity contribution is 5.82. The van der Waals surface area contributed by atoms with E-state index in [9.17, 15) is 4.79 Å². The number of ether oxygens (including phenoxy) is 2. The van der Waals surface area contributed by atoms with Gasteiger partial charge in [-0.25, -0.2) is 0 Å². The van der Waals surface area contributed by atoms with E-state index in [1.807, 2.05) is 24.0 Å². The van der Waals surface area contributed by atoms with Gasteiger partial charge in [0, 0.05) is 32.2 Å². The second-order valence-electron chi connectivity index (χ2n) is 7.17. The fourth-order valence-corrected chi connectivity index (χ4v) is 3.37. The van der Waals surface area contributed by atoms with Gasteiger partial charge in [-0.05, 0) is 43.9 Å². The number of rotatable bonds is 8. The Bertz CT molecular complexity index is 612. The number of benzene rings is 1. The number of hydrogen-bond acceptors (Lipinski definition) is 5. The van der Waals surface area contributed by atoms with E-state index in [2.05, 4.69) is 18.3 Å². The summed E-state index contributed by atoms with van der Waals surface area (Å²) in [5, 5.41) is 12.2. The smallest absolute Gasteiger partial charge is 0.253 e. The topological polar surface area (TPSA) is 71.0 Å². The maximum Gasteiger partial charge on any atom is 0.253 e. The van der Waals surface area contributed by atoms with Crippen molar-refractivity contribution in [2.45, 2.75) is 51.3 Å². The average molecular weight is 362 g/mol. The summed E-state index contributed by atoms with van der Waals surface area (Å²) in [5.74, 6) is 0.900. The van der Waals surface area contributed by atoms with E-state index in [0.29, 0.717) is 32.2 Å². The Hall–Kier alpha value is -1.63. The third-order valence-corrected chi connectivity index (χ3v) is 5.07. The number of morpholine rings is 1. The molecule has 144 valence electrons. The normalized spacial score (nSPS) is 21.3. The van der Waals surface area contributed by atoms with Crippen molar-refractivity contribution < 1.29 is 19.4 Å². The van der Waals surface area contributed by atoms with E-state index < -0.39 is 6.10 Å². The predicted octanol–water partition coefficient (Wildman–Crippen LogP) is 1.80. The van der Waals surface area contributed by atoms with Gasteiger partial charge in [-0.2, -0.15) is 0 Å². The van der Waals surface area contributed by atoms with Gasteiger partial charge in [0.15, 0.2) is 0 Å². The summed E-state index contributed by atoms with van der Waals surface area (Å²) in [6, 6.07) is 6.42. The molecule has 2 aliphatic rings. The first-order valence-electron chi connectivity index (χ1n) is 9.60. The summed E-state index contributed by atoms with van der Waals surface area (Å²) < 4.78 is 11.5. The molecule has 2 atom stereocenters. The van der Waals surface area contributed by atoms with Crippen molar-refractivity contribution in [2.75, 3.05) is 32.9 Å². The van der Waals surface area contributed by atoms with Crippen LogP contribution in [0.5, 0.6) is 5.75 Å². The molecule has 2 N–H and O–H groups in total. The van der Waals surface area contributed by atoms with Crippen molar-refractivity contribution >= 4 is 5.91 Å². The Morgan fingerprint density at radius 1 is 1.46 bits per heavy atom. The lowest BCUT2D eigenvalue weighted by Crippen LogP contribution is -2.50. The third-order valence-electron chi connectivity index (χ3n) is 5.07. The average Bonchev–Trinajstić information content (AvgIpc) is 3.49. The Labute approximate surface area is 155 Å².